The zero-order chi connectivity index (χ0) is 12.3. The molecule has 0 saturated heterocycles. The van der Waals surface area contributed by atoms with Crippen molar-refractivity contribution in [1.29, 1.82) is 5.26 Å². The summed E-state index contributed by atoms with van der Waals surface area (Å²) in [6.07, 6.45) is 1.62. The highest BCUT2D eigenvalue weighted by atomic mass is 16.5. The topological polar surface area (TPSA) is 46.2 Å². The van der Waals surface area contributed by atoms with Crippen molar-refractivity contribution >= 4 is 0 Å². The molecule has 2 aromatic rings. The minimum absolute atomic E-state index is 0.403. The first-order valence-corrected chi connectivity index (χ1v) is 5.37. The van der Waals surface area contributed by atoms with E-state index < -0.39 is 0 Å². The number of aryl methyl sites for hydroxylation is 2. The summed E-state index contributed by atoms with van der Waals surface area (Å²) in [6.45, 7) is 4.27. The summed E-state index contributed by atoms with van der Waals surface area (Å²) in [5.41, 5.74) is 2.59. The van der Waals surface area contributed by atoms with E-state index in [1.807, 2.05) is 38.1 Å². The van der Waals surface area contributed by atoms with E-state index >= 15 is 0 Å². The van der Waals surface area contributed by atoms with Crippen LogP contribution in [-0.4, -0.2) is 0 Å². The zero-order valence-corrected chi connectivity index (χ0v) is 9.86. The monoisotopic (exact) mass is 227 g/mol. The van der Waals surface area contributed by atoms with Crippen molar-refractivity contribution in [3.05, 3.63) is 53.0 Å². The van der Waals surface area contributed by atoms with Crippen LogP contribution in [0.15, 0.2) is 34.9 Å². The number of nitriles is 1. The lowest BCUT2D eigenvalue weighted by Crippen LogP contribution is -1.98. The van der Waals surface area contributed by atoms with Crippen LogP contribution in [-0.2, 0) is 6.61 Å². The molecule has 0 amide bonds. The average molecular weight is 227 g/mol. The van der Waals surface area contributed by atoms with Gasteiger partial charge < -0.3 is 9.15 Å². The third-order valence-corrected chi connectivity index (χ3v) is 2.53. The predicted octanol–water partition coefficient (Wildman–Crippen LogP) is 3.35. The van der Waals surface area contributed by atoms with Crippen molar-refractivity contribution in [2.24, 2.45) is 0 Å². The number of ether oxygens (including phenoxy) is 1. The van der Waals surface area contributed by atoms with E-state index in [-0.39, 0.29) is 0 Å². The predicted molar refractivity (Wildman–Crippen MR) is 63.7 cm³/mol. The van der Waals surface area contributed by atoms with Gasteiger partial charge in [-0.15, -0.1) is 0 Å². The Morgan fingerprint density at radius 3 is 2.53 bits per heavy atom. The third-order valence-electron chi connectivity index (χ3n) is 2.53. The number of rotatable bonds is 3. The normalized spacial score (nSPS) is 9.94. The van der Waals surface area contributed by atoms with E-state index in [0.717, 1.165) is 22.6 Å². The molecule has 1 heterocycles. The van der Waals surface area contributed by atoms with Gasteiger partial charge in [-0.05, 0) is 49.2 Å². The number of hydrogen-bond donors (Lipinski definition) is 0. The number of furan rings is 1. The summed E-state index contributed by atoms with van der Waals surface area (Å²) in [7, 11) is 0. The van der Waals surface area contributed by atoms with E-state index in [4.69, 9.17) is 14.4 Å². The summed E-state index contributed by atoms with van der Waals surface area (Å²) in [5.74, 6) is 1.61. The molecule has 0 aliphatic heterocycles. The van der Waals surface area contributed by atoms with E-state index in [1.165, 1.54) is 0 Å². The van der Waals surface area contributed by atoms with Gasteiger partial charge in [-0.2, -0.15) is 5.26 Å². The van der Waals surface area contributed by atoms with Crippen molar-refractivity contribution in [3.63, 3.8) is 0 Å². The second-order valence-electron chi connectivity index (χ2n) is 3.92. The molecule has 3 nitrogen and oxygen atoms in total. The molecule has 17 heavy (non-hydrogen) atoms. The van der Waals surface area contributed by atoms with Crippen LogP contribution >= 0.6 is 0 Å². The summed E-state index contributed by atoms with van der Waals surface area (Å²) < 4.78 is 10.9. The molecule has 0 spiro atoms. The van der Waals surface area contributed by atoms with Crippen LogP contribution in [0.25, 0.3) is 0 Å². The van der Waals surface area contributed by atoms with Crippen molar-refractivity contribution < 1.29 is 9.15 Å². The van der Waals surface area contributed by atoms with E-state index in [9.17, 15) is 0 Å². The molecule has 0 aliphatic carbocycles. The maximum atomic E-state index is 8.85. The fraction of sp³-hybridized carbons (Fsp3) is 0.214. The maximum Gasteiger partial charge on any atom is 0.146 e. The lowest BCUT2D eigenvalue weighted by atomic mass is 10.1. The van der Waals surface area contributed by atoms with Crippen molar-refractivity contribution in [2.45, 2.75) is 20.5 Å². The molecular formula is C14H13NO2. The Morgan fingerprint density at radius 1 is 1.29 bits per heavy atom. The number of benzene rings is 1. The zero-order valence-electron chi connectivity index (χ0n) is 9.86. The largest absolute Gasteiger partial charge is 0.485 e. The fourth-order valence-corrected chi connectivity index (χ4v) is 1.78. The first-order chi connectivity index (χ1) is 8.20. The van der Waals surface area contributed by atoms with Crippen molar-refractivity contribution in [1.82, 2.24) is 0 Å². The lowest BCUT2D eigenvalue weighted by molar-refractivity contribution is 0.267. The molecular weight excluding hydrogens is 214 g/mol. The molecule has 0 radical (unpaired) electrons. The van der Waals surface area contributed by atoms with Crippen LogP contribution in [0.5, 0.6) is 5.75 Å². The highest BCUT2D eigenvalue weighted by Gasteiger charge is 2.07. The summed E-state index contributed by atoms with van der Waals surface area (Å²) >= 11 is 0. The minimum atomic E-state index is 0.403. The second-order valence-corrected chi connectivity index (χ2v) is 3.92. The standard InChI is InChI=1S/C14H13NO2/c1-10-6-12(8-15)7-11(2)14(10)17-9-13-4-3-5-16-13/h3-7H,9H2,1-2H3. The van der Waals surface area contributed by atoms with Gasteiger partial charge in [-0.25, -0.2) is 0 Å². The first-order valence-electron chi connectivity index (χ1n) is 5.37. The summed E-state index contributed by atoms with van der Waals surface area (Å²) in [6, 6.07) is 9.48. The van der Waals surface area contributed by atoms with Gasteiger partial charge in [0.05, 0.1) is 17.9 Å². The molecule has 86 valence electrons. The van der Waals surface area contributed by atoms with Gasteiger partial charge in [0.25, 0.3) is 0 Å². The van der Waals surface area contributed by atoms with Gasteiger partial charge >= 0.3 is 0 Å². The Balaban J connectivity index is 2.19. The van der Waals surface area contributed by atoms with E-state index in [1.54, 1.807) is 6.26 Å². The molecule has 0 fully saturated rings. The van der Waals surface area contributed by atoms with Crippen LogP contribution in [0, 0.1) is 25.2 Å². The molecule has 0 N–H and O–H groups in total. The maximum absolute atomic E-state index is 8.85. The van der Waals surface area contributed by atoms with E-state index in [0.29, 0.717) is 12.2 Å². The summed E-state index contributed by atoms with van der Waals surface area (Å²) in [4.78, 5) is 0. The minimum Gasteiger partial charge on any atom is -0.485 e. The Labute approximate surface area is 100 Å². The molecule has 0 bridgehead atoms. The Morgan fingerprint density at radius 2 is 2.00 bits per heavy atom. The van der Waals surface area contributed by atoms with Crippen LogP contribution in [0.3, 0.4) is 0 Å². The molecule has 0 atom stereocenters. The molecule has 0 unspecified atom stereocenters. The Kier molecular flexibility index (Phi) is 3.15. The van der Waals surface area contributed by atoms with Crippen LogP contribution in [0.4, 0.5) is 0 Å². The van der Waals surface area contributed by atoms with Crippen molar-refractivity contribution in [3.8, 4) is 11.8 Å². The lowest BCUT2D eigenvalue weighted by Gasteiger charge is -2.11. The van der Waals surface area contributed by atoms with Gasteiger partial charge in [0.15, 0.2) is 0 Å². The smallest absolute Gasteiger partial charge is 0.146 e. The highest BCUT2D eigenvalue weighted by Crippen LogP contribution is 2.25. The SMILES string of the molecule is Cc1cc(C#N)cc(C)c1OCc1ccco1. The van der Waals surface area contributed by atoms with Gasteiger partial charge in [-0.3, -0.25) is 0 Å². The highest BCUT2D eigenvalue weighted by molar-refractivity contribution is 5.47. The molecule has 3 heteroatoms. The molecule has 0 saturated carbocycles. The van der Waals surface area contributed by atoms with Crippen molar-refractivity contribution in [2.75, 3.05) is 0 Å². The van der Waals surface area contributed by atoms with Crippen LogP contribution in [0.1, 0.15) is 22.5 Å². The van der Waals surface area contributed by atoms with E-state index in [2.05, 4.69) is 6.07 Å². The van der Waals surface area contributed by atoms with Crippen LogP contribution < -0.4 is 4.74 Å². The Hall–Kier alpha value is -2.21. The number of nitrogens with zero attached hydrogens (tertiary/aromatic N) is 1. The molecule has 0 aliphatic rings. The third kappa shape index (κ3) is 2.48. The second kappa shape index (κ2) is 4.75. The fourth-order valence-electron chi connectivity index (χ4n) is 1.78. The first kappa shape index (κ1) is 11.3. The quantitative estimate of drug-likeness (QED) is 0.807. The van der Waals surface area contributed by atoms with Gasteiger partial charge in [0.2, 0.25) is 0 Å². The van der Waals surface area contributed by atoms with Crippen LogP contribution in [0.2, 0.25) is 0 Å². The van der Waals surface area contributed by atoms with Gasteiger partial charge in [0.1, 0.15) is 18.1 Å². The molecule has 1 aromatic heterocycles. The van der Waals surface area contributed by atoms with Gasteiger partial charge in [-0.1, -0.05) is 0 Å². The average Bonchev–Trinajstić information content (AvgIpc) is 2.80. The number of hydrogen-bond acceptors (Lipinski definition) is 3. The molecule has 1 aromatic carbocycles. The Bertz CT molecular complexity index is 527. The van der Waals surface area contributed by atoms with Gasteiger partial charge in [0, 0.05) is 0 Å². The summed E-state index contributed by atoms with van der Waals surface area (Å²) in [5, 5.41) is 8.85. The molecule has 2 rings (SSSR count).